The highest BCUT2D eigenvalue weighted by molar-refractivity contribution is 6.09. The molecule has 2 amide bonds. The number of para-hydroxylation sites is 4. The van der Waals surface area contributed by atoms with Gasteiger partial charge in [-0.1, -0.05) is 72.8 Å². The Morgan fingerprint density at radius 1 is 0.714 bits per heavy atom. The fourth-order valence-corrected chi connectivity index (χ4v) is 4.09. The van der Waals surface area contributed by atoms with Crippen LogP contribution in [0.3, 0.4) is 0 Å². The molecule has 174 valence electrons. The number of carbonyl (C=O) groups excluding carboxylic acids is 2. The molecule has 0 spiro atoms. The van der Waals surface area contributed by atoms with Crippen LogP contribution in [0.2, 0.25) is 0 Å². The van der Waals surface area contributed by atoms with Gasteiger partial charge >= 0.3 is 0 Å². The first-order chi connectivity index (χ1) is 17.2. The van der Waals surface area contributed by atoms with Crippen molar-refractivity contribution in [3.05, 3.63) is 121 Å². The molecule has 1 saturated heterocycles. The Labute approximate surface area is 203 Å². The molecule has 1 aliphatic heterocycles. The first-order valence-electron chi connectivity index (χ1n) is 11.4. The zero-order valence-corrected chi connectivity index (χ0v) is 18.9. The molecule has 0 aromatic heterocycles. The Morgan fingerprint density at radius 2 is 1.23 bits per heavy atom. The topological polar surface area (TPSA) is 59.1 Å². The van der Waals surface area contributed by atoms with Gasteiger partial charge in [0.05, 0.1) is 0 Å². The van der Waals surface area contributed by atoms with Gasteiger partial charge in [-0.3, -0.25) is 19.4 Å². The Bertz CT molecular complexity index is 1270. The smallest absolute Gasteiger partial charge is 0.274 e. The van der Waals surface area contributed by atoms with Crippen LogP contribution in [-0.4, -0.2) is 30.7 Å². The highest BCUT2D eigenvalue weighted by Gasteiger charge is 2.55. The van der Waals surface area contributed by atoms with Gasteiger partial charge in [0.1, 0.15) is 11.5 Å². The summed E-state index contributed by atoms with van der Waals surface area (Å²) in [6.45, 7) is -0.190. The SMILES string of the molecule is O=C(COc1ccccc1)N(c1ccccc1)[C@@H]1[C@H](Oc2ccccc2)C(=O)N1c1ccccc1. The van der Waals surface area contributed by atoms with Gasteiger partial charge in [-0.2, -0.15) is 0 Å². The zero-order chi connectivity index (χ0) is 24.0. The van der Waals surface area contributed by atoms with Crippen LogP contribution < -0.4 is 19.3 Å². The van der Waals surface area contributed by atoms with Gasteiger partial charge < -0.3 is 9.47 Å². The van der Waals surface area contributed by atoms with Crippen molar-refractivity contribution in [3.8, 4) is 11.5 Å². The quantitative estimate of drug-likeness (QED) is 0.348. The van der Waals surface area contributed by atoms with Crippen molar-refractivity contribution in [2.75, 3.05) is 16.4 Å². The lowest BCUT2D eigenvalue weighted by Gasteiger charge is -2.50. The second-order valence-electron chi connectivity index (χ2n) is 8.01. The average Bonchev–Trinajstić information content (AvgIpc) is 2.92. The van der Waals surface area contributed by atoms with E-state index in [1.807, 2.05) is 97.1 Å². The minimum absolute atomic E-state index is 0.190. The first kappa shape index (κ1) is 22.2. The normalized spacial score (nSPS) is 16.8. The standard InChI is InChI=1S/C29H24N2O4/c32-26(21-34-24-17-9-3-10-18-24)30(22-13-5-1-6-14-22)28-27(35-25-19-11-4-12-20-25)29(33)31(28)23-15-7-2-8-16-23/h1-20,27-28H,21H2/t27-,28-/m0/s1. The van der Waals surface area contributed by atoms with E-state index in [1.54, 1.807) is 34.1 Å². The molecule has 4 aromatic rings. The number of ether oxygens (including phenoxy) is 2. The van der Waals surface area contributed by atoms with Crippen LogP contribution in [0.5, 0.6) is 11.5 Å². The van der Waals surface area contributed by atoms with E-state index in [-0.39, 0.29) is 18.4 Å². The molecule has 1 aliphatic rings. The summed E-state index contributed by atoms with van der Waals surface area (Å²) in [5.74, 6) is 0.642. The summed E-state index contributed by atoms with van der Waals surface area (Å²) in [6, 6.07) is 36.9. The molecule has 2 atom stereocenters. The minimum atomic E-state index is -0.876. The van der Waals surface area contributed by atoms with E-state index in [1.165, 1.54) is 0 Å². The average molecular weight is 465 g/mol. The molecular weight excluding hydrogens is 440 g/mol. The second-order valence-corrected chi connectivity index (χ2v) is 8.01. The van der Waals surface area contributed by atoms with E-state index >= 15 is 0 Å². The molecule has 4 aromatic carbocycles. The van der Waals surface area contributed by atoms with E-state index < -0.39 is 12.3 Å². The molecule has 0 unspecified atom stereocenters. The molecule has 0 N–H and O–H groups in total. The first-order valence-corrected chi connectivity index (χ1v) is 11.4. The van der Waals surface area contributed by atoms with Crippen molar-refractivity contribution in [3.63, 3.8) is 0 Å². The summed E-state index contributed by atoms with van der Waals surface area (Å²) in [7, 11) is 0. The van der Waals surface area contributed by atoms with Crippen molar-refractivity contribution in [1.82, 2.24) is 0 Å². The fraction of sp³-hybridized carbons (Fsp3) is 0.103. The van der Waals surface area contributed by atoms with Crippen LogP contribution in [0.25, 0.3) is 0 Å². The van der Waals surface area contributed by atoms with Gasteiger partial charge in [-0.15, -0.1) is 0 Å². The van der Waals surface area contributed by atoms with Gasteiger partial charge in [-0.25, -0.2) is 0 Å². The molecule has 0 aliphatic carbocycles. The minimum Gasteiger partial charge on any atom is -0.484 e. The van der Waals surface area contributed by atoms with Crippen LogP contribution in [0.15, 0.2) is 121 Å². The highest BCUT2D eigenvalue weighted by atomic mass is 16.5. The number of amides is 2. The van der Waals surface area contributed by atoms with E-state index in [0.29, 0.717) is 22.9 Å². The maximum atomic E-state index is 13.6. The predicted octanol–water partition coefficient (Wildman–Crippen LogP) is 4.92. The lowest BCUT2D eigenvalue weighted by atomic mass is 10.0. The summed E-state index contributed by atoms with van der Waals surface area (Å²) in [4.78, 5) is 30.2. The van der Waals surface area contributed by atoms with Crippen LogP contribution in [0, 0.1) is 0 Å². The van der Waals surface area contributed by atoms with Crippen molar-refractivity contribution in [1.29, 1.82) is 0 Å². The Hall–Kier alpha value is -4.58. The van der Waals surface area contributed by atoms with Gasteiger partial charge in [-0.05, 0) is 48.5 Å². The number of nitrogens with zero attached hydrogens (tertiary/aromatic N) is 2. The monoisotopic (exact) mass is 464 g/mol. The Kier molecular flexibility index (Phi) is 6.44. The number of hydrogen-bond donors (Lipinski definition) is 0. The highest BCUT2D eigenvalue weighted by Crippen LogP contribution is 2.35. The molecular formula is C29H24N2O4. The number of β-lactam (4-membered cyclic amide) rings is 1. The lowest BCUT2D eigenvalue weighted by molar-refractivity contribution is -0.136. The molecule has 1 heterocycles. The molecule has 6 heteroatoms. The number of benzene rings is 4. The Morgan fingerprint density at radius 3 is 1.83 bits per heavy atom. The summed E-state index contributed by atoms with van der Waals surface area (Å²) >= 11 is 0. The van der Waals surface area contributed by atoms with Gasteiger partial charge in [0.15, 0.2) is 12.8 Å². The third kappa shape index (κ3) is 4.73. The largest absolute Gasteiger partial charge is 0.484 e. The van der Waals surface area contributed by atoms with Crippen molar-refractivity contribution >= 4 is 23.2 Å². The van der Waals surface area contributed by atoms with Crippen molar-refractivity contribution in [2.45, 2.75) is 12.3 Å². The van der Waals surface area contributed by atoms with E-state index in [2.05, 4.69) is 0 Å². The van der Waals surface area contributed by atoms with Crippen molar-refractivity contribution < 1.29 is 19.1 Å². The summed E-state index contributed by atoms with van der Waals surface area (Å²) in [6.07, 6.45) is -1.57. The number of hydrogen-bond acceptors (Lipinski definition) is 4. The predicted molar refractivity (Wildman–Crippen MR) is 134 cm³/mol. The van der Waals surface area contributed by atoms with Gasteiger partial charge in [0.25, 0.3) is 11.8 Å². The molecule has 1 fully saturated rings. The molecule has 35 heavy (non-hydrogen) atoms. The number of rotatable bonds is 8. The van der Waals surface area contributed by atoms with Gasteiger partial charge in [0.2, 0.25) is 6.10 Å². The van der Waals surface area contributed by atoms with Crippen LogP contribution in [0.1, 0.15) is 0 Å². The third-order valence-corrected chi connectivity index (χ3v) is 5.73. The van der Waals surface area contributed by atoms with E-state index in [0.717, 1.165) is 0 Å². The maximum Gasteiger partial charge on any atom is 0.274 e. The van der Waals surface area contributed by atoms with Crippen LogP contribution in [0.4, 0.5) is 11.4 Å². The summed E-state index contributed by atoms with van der Waals surface area (Å²) in [5.41, 5.74) is 1.34. The molecule has 0 saturated carbocycles. The van der Waals surface area contributed by atoms with Crippen LogP contribution in [-0.2, 0) is 9.59 Å². The summed E-state index contributed by atoms with van der Waals surface area (Å²) < 4.78 is 11.9. The molecule has 0 bridgehead atoms. The van der Waals surface area contributed by atoms with Crippen molar-refractivity contribution in [2.24, 2.45) is 0 Å². The van der Waals surface area contributed by atoms with Gasteiger partial charge in [0, 0.05) is 11.4 Å². The second kappa shape index (κ2) is 10.1. The van der Waals surface area contributed by atoms with Crippen LogP contribution >= 0.6 is 0 Å². The number of carbonyl (C=O) groups is 2. The fourth-order valence-electron chi connectivity index (χ4n) is 4.09. The zero-order valence-electron chi connectivity index (χ0n) is 18.9. The molecule has 5 rings (SSSR count). The molecule has 6 nitrogen and oxygen atoms in total. The Balaban J connectivity index is 1.50. The lowest BCUT2D eigenvalue weighted by Crippen LogP contribution is -2.75. The number of anilines is 2. The van der Waals surface area contributed by atoms with E-state index in [4.69, 9.17) is 9.47 Å². The third-order valence-electron chi connectivity index (χ3n) is 5.73. The molecule has 0 radical (unpaired) electrons. The van der Waals surface area contributed by atoms with E-state index in [9.17, 15) is 9.59 Å². The summed E-state index contributed by atoms with van der Waals surface area (Å²) in [5, 5.41) is 0. The maximum absolute atomic E-state index is 13.6.